The van der Waals surface area contributed by atoms with Gasteiger partial charge in [0.25, 0.3) is 0 Å². The van der Waals surface area contributed by atoms with Crippen molar-refractivity contribution in [3.63, 3.8) is 0 Å². The van der Waals surface area contributed by atoms with Crippen molar-refractivity contribution >= 4 is 29.5 Å². The van der Waals surface area contributed by atoms with Crippen LogP contribution in [0.2, 0.25) is 0 Å². The Balaban J connectivity index is 1.91. The maximum absolute atomic E-state index is 12.1. The molecule has 0 aliphatic rings. The minimum atomic E-state index is -0.119. The third-order valence-corrected chi connectivity index (χ3v) is 4.67. The van der Waals surface area contributed by atoms with Crippen LogP contribution in [0.4, 0.5) is 0 Å². The third kappa shape index (κ3) is 3.79. The summed E-state index contributed by atoms with van der Waals surface area (Å²) in [5.74, 6) is 1.13. The monoisotopic (exact) mass is 324 g/mol. The molecule has 2 N–H and O–H groups in total. The number of carbonyl (C=O) groups excluding carboxylic acids is 1. The lowest BCUT2D eigenvalue weighted by molar-refractivity contribution is -0.122. The van der Waals surface area contributed by atoms with Gasteiger partial charge in [-0.05, 0) is 30.6 Å². The molecule has 114 valence electrons. The van der Waals surface area contributed by atoms with Gasteiger partial charge in [-0.15, -0.1) is 11.3 Å². The normalized spacial score (nSPS) is 12.6. The van der Waals surface area contributed by atoms with Crippen LogP contribution in [-0.2, 0) is 11.3 Å². The second-order valence-electron chi connectivity index (χ2n) is 5.22. The Hall–Kier alpha value is -1.47. The zero-order valence-electron chi connectivity index (χ0n) is 12.4. The summed E-state index contributed by atoms with van der Waals surface area (Å²) in [6.07, 6.45) is 0. The predicted molar refractivity (Wildman–Crippen MR) is 87.2 cm³/mol. The van der Waals surface area contributed by atoms with Gasteiger partial charge >= 0.3 is 0 Å². The third-order valence-electron chi connectivity index (χ3n) is 3.30. The van der Waals surface area contributed by atoms with E-state index in [1.54, 1.807) is 11.3 Å². The number of nitrogens with one attached hydrogen (secondary N) is 2. The van der Waals surface area contributed by atoms with Gasteiger partial charge in [-0.3, -0.25) is 9.89 Å². The minimum Gasteiger partial charge on any atom is -0.354 e. The predicted octanol–water partition coefficient (Wildman–Crippen LogP) is 3.05. The Bertz CT molecular complexity index is 642. The van der Waals surface area contributed by atoms with Crippen molar-refractivity contribution in [1.82, 2.24) is 20.1 Å². The maximum Gasteiger partial charge on any atom is 0.228 e. The first kappa shape index (κ1) is 15.9. The first-order chi connectivity index (χ1) is 10.0. The Kier molecular flexibility index (Phi) is 5.30. The first-order valence-corrected chi connectivity index (χ1v) is 8.25. The van der Waals surface area contributed by atoms with Crippen LogP contribution in [0.25, 0.3) is 0 Å². The second kappa shape index (κ2) is 7.00. The van der Waals surface area contributed by atoms with E-state index in [0.717, 1.165) is 10.7 Å². The summed E-state index contributed by atoms with van der Waals surface area (Å²) in [4.78, 5) is 13.2. The van der Waals surface area contributed by atoms with Crippen LogP contribution in [0.15, 0.2) is 17.5 Å². The molecular formula is C14H20N4OS2. The number of rotatable bonds is 6. The molecule has 0 radical (unpaired) electrons. The largest absolute Gasteiger partial charge is 0.354 e. The van der Waals surface area contributed by atoms with E-state index in [4.69, 9.17) is 12.2 Å². The molecule has 2 aromatic rings. The molecule has 21 heavy (non-hydrogen) atoms. The quantitative estimate of drug-likeness (QED) is 0.803. The molecule has 0 bridgehead atoms. The van der Waals surface area contributed by atoms with Crippen molar-refractivity contribution in [3.8, 4) is 0 Å². The zero-order chi connectivity index (χ0) is 15.4. The molecule has 0 aliphatic heterocycles. The summed E-state index contributed by atoms with van der Waals surface area (Å²) < 4.78 is 2.54. The number of hydrogen-bond acceptors (Lipinski definition) is 4. The van der Waals surface area contributed by atoms with Gasteiger partial charge in [-0.1, -0.05) is 19.9 Å². The van der Waals surface area contributed by atoms with Gasteiger partial charge in [0.1, 0.15) is 5.82 Å². The fourth-order valence-electron chi connectivity index (χ4n) is 2.10. The maximum atomic E-state index is 12.1. The van der Waals surface area contributed by atoms with Crippen molar-refractivity contribution in [1.29, 1.82) is 0 Å². The molecule has 0 saturated carbocycles. The van der Waals surface area contributed by atoms with E-state index in [1.165, 1.54) is 0 Å². The lowest BCUT2D eigenvalue weighted by Crippen LogP contribution is -2.31. The molecule has 1 amide bonds. The first-order valence-electron chi connectivity index (χ1n) is 6.97. The number of H-pyrrole nitrogens is 1. The number of thiophene rings is 1. The Labute approximate surface area is 133 Å². The smallest absolute Gasteiger partial charge is 0.228 e. The van der Waals surface area contributed by atoms with E-state index in [1.807, 2.05) is 29.0 Å². The van der Waals surface area contributed by atoms with Crippen molar-refractivity contribution in [3.05, 3.63) is 33.0 Å². The summed E-state index contributed by atoms with van der Waals surface area (Å²) in [6, 6.07) is 3.95. The molecule has 0 spiro atoms. The van der Waals surface area contributed by atoms with Crippen molar-refractivity contribution in [2.24, 2.45) is 0 Å². The highest BCUT2D eigenvalue weighted by molar-refractivity contribution is 7.71. The Morgan fingerprint density at radius 1 is 1.52 bits per heavy atom. The zero-order valence-corrected chi connectivity index (χ0v) is 14.1. The van der Waals surface area contributed by atoms with Crippen LogP contribution in [0, 0.1) is 4.77 Å². The summed E-state index contributed by atoms with van der Waals surface area (Å²) in [5.41, 5.74) is 0. The van der Waals surface area contributed by atoms with E-state index in [2.05, 4.69) is 29.4 Å². The molecule has 0 fully saturated rings. The van der Waals surface area contributed by atoms with Gasteiger partial charge in [0.05, 0.1) is 5.92 Å². The minimum absolute atomic E-state index is 0.0403. The lowest BCUT2D eigenvalue weighted by Gasteiger charge is -2.12. The number of nitrogens with zero attached hydrogens (tertiary/aromatic N) is 2. The van der Waals surface area contributed by atoms with E-state index in [-0.39, 0.29) is 11.8 Å². The van der Waals surface area contributed by atoms with Gasteiger partial charge in [-0.25, -0.2) is 0 Å². The van der Waals surface area contributed by atoms with Gasteiger partial charge in [0, 0.05) is 23.9 Å². The molecule has 0 aliphatic carbocycles. The van der Waals surface area contributed by atoms with Crippen molar-refractivity contribution in [2.75, 3.05) is 6.54 Å². The number of carbonyl (C=O) groups is 1. The van der Waals surface area contributed by atoms with Crippen LogP contribution in [-0.4, -0.2) is 27.2 Å². The van der Waals surface area contributed by atoms with Gasteiger partial charge < -0.3 is 9.88 Å². The molecular weight excluding hydrogens is 304 g/mol. The van der Waals surface area contributed by atoms with Crippen LogP contribution in [0.1, 0.15) is 43.3 Å². The van der Waals surface area contributed by atoms with E-state index < -0.39 is 0 Å². The van der Waals surface area contributed by atoms with Gasteiger partial charge in [0.15, 0.2) is 4.77 Å². The number of amides is 1. The molecule has 0 saturated heterocycles. The molecule has 5 nitrogen and oxygen atoms in total. The van der Waals surface area contributed by atoms with E-state index in [9.17, 15) is 4.79 Å². The fourth-order valence-corrected chi connectivity index (χ4v) is 3.11. The van der Waals surface area contributed by atoms with Crippen LogP contribution < -0.4 is 5.32 Å². The SMILES string of the molecule is CC(C)c1n[nH]c(=S)n1CCNC(=O)[C@H](C)c1cccs1. The average Bonchev–Trinajstić information content (AvgIpc) is 3.08. The molecule has 0 unspecified atom stereocenters. The Morgan fingerprint density at radius 3 is 2.90 bits per heavy atom. The molecule has 0 aromatic carbocycles. The Morgan fingerprint density at radius 2 is 2.29 bits per heavy atom. The van der Waals surface area contributed by atoms with Crippen LogP contribution in [0.5, 0.6) is 0 Å². The lowest BCUT2D eigenvalue weighted by atomic mass is 10.1. The number of aromatic nitrogens is 3. The summed E-state index contributed by atoms with van der Waals surface area (Å²) >= 11 is 6.82. The summed E-state index contributed by atoms with van der Waals surface area (Å²) in [7, 11) is 0. The topological polar surface area (TPSA) is 62.7 Å². The van der Waals surface area contributed by atoms with Crippen LogP contribution >= 0.6 is 23.6 Å². The molecule has 1 atom stereocenters. The van der Waals surface area contributed by atoms with E-state index >= 15 is 0 Å². The van der Waals surface area contributed by atoms with Gasteiger partial charge in [0.2, 0.25) is 5.91 Å². The molecule has 7 heteroatoms. The highest BCUT2D eigenvalue weighted by atomic mass is 32.1. The van der Waals surface area contributed by atoms with Crippen molar-refractivity contribution in [2.45, 2.75) is 39.2 Å². The van der Waals surface area contributed by atoms with Gasteiger partial charge in [-0.2, -0.15) is 5.10 Å². The average molecular weight is 324 g/mol. The number of hydrogen-bond donors (Lipinski definition) is 2. The summed E-state index contributed by atoms with van der Waals surface area (Å²) in [5, 5.41) is 12.0. The standard InChI is InChI=1S/C14H20N4OS2/c1-9(2)12-16-17-14(20)18(12)7-6-15-13(19)10(3)11-5-4-8-21-11/h4-5,8-10H,6-7H2,1-3H3,(H,15,19)(H,17,20)/t10-/m1/s1. The molecule has 2 rings (SSSR count). The van der Waals surface area contributed by atoms with E-state index in [0.29, 0.717) is 23.8 Å². The summed E-state index contributed by atoms with van der Waals surface area (Å²) in [6.45, 7) is 7.23. The second-order valence-corrected chi connectivity index (χ2v) is 6.59. The highest BCUT2D eigenvalue weighted by Crippen LogP contribution is 2.20. The molecule has 2 aromatic heterocycles. The molecule has 2 heterocycles. The number of aromatic amines is 1. The van der Waals surface area contributed by atoms with Crippen molar-refractivity contribution < 1.29 is 4.79 Å². The fraction of sp³-hybridized carbons (Fsp3) is 0.500. The highest BCUT2D eigenvalue weighted by Gasteiger charge is 2.16. The van der Waals surface area contributed by atoms with Crippen LogP contribution in [0.3, 0.4) is 0 Å².